The van der Waals surface area contributed by atoms with Crippen LogP contribution in [-0.4, -0.2) is 44.1 Å². The summed E-state index contributed by atoms with van der Waals surface area (Å²) in [5, 5.41) is 5.14. The molecule has 0 aliphatic rings. The standard InChI is InChI=1S/C22H21N5O/c1-26(12-9-16-14-25-27(2)15-16)22(28)18-6-3-5-17(13-18)21-19-7-4-10-23-20(19)8-11-24-21/h3-8,10-11,13-15H,9,12H2,1-2H3. The molecule has 0 unspecified atom stereocenters. The van der Waals surface area contributed by atoms with Gasteiger partial charge in [0.15, 0.2) is 0 Å². The van der Waals surface area contributed by atoms with Gasteiger partial charge in [-0.1, -0.05) is 12.1 Å². The number of pyridine rings is 2. The summed E-state index contributed by atoms with van der Waals surface area (Å²) in [6.45, 7) is 0.630. The quantitative estimate of drug-likeness (QED) is 0.540. The van der Waals surface area contributed by atoms with Gasteiger partial charge in [-0.2, -0.15) is 5.10 Å². The monoisotopic (exact) mass is 371 g/mol. The van der Waals surface area contributed by atoms with Gasteiger partial charge in [-0.3, -0.25) is 19.4 Å². The molecule has 4 rings (SSSR count). The molecule has 0 aliphatic heterocycles. The largest absolute Gasteiger partial charge is 0.341 e. The Morgan fingerprint density at radius 1 is 1.11 bits per heavy atom. The first kappa shape index (κ1) is 17.9. The van der Waals surface area contributed by atoms with E-state index in [0.29, 0.717) is 12.1 Å². The lowest BCUT2D eigenvalue weighted by molar-refractivity contribution is 0.0796. The van der Waals surface area contributed by atoms with E-state index in [0.717, 1.165) is 34.1 Å². The summed E-state index contributed by atoms with van der Waals surface area (Å²) < 4.78 is 1.77. The third-order valence-electron chi connectivity index (χ3n) is 4.75. The van der Waals surface area contributed by atoms with Crippen LogP contribution in [0, 0.1) is 0 Å². The van der Waals surface area contributed by atoms with Crippen LogP contribution in [0.15, 0.2) is 67.3 Å². The Kier molecular flexibility index (Phi) is 4.85. The van der Waals surface area contributed by atoms with Crippen LogP contribution >= 0.6 is 0 Å². The smallest absolute Gasteiger partial charge is 0.253 e. The number of likely N-dealkylation sites (N-methyl/N-ethyl adjacent to an activating group) is 1. The summed E-state index contributed by atoms with van der Waals surface area (Å²) in [6.07, 6.45) is 8.09. The van der Waals surface area contributed by atoms with Crippen molar-refractivity contribution in [3.63, 3.8) is 0 Å². The summed E-state index contributed by atoms with van der Waals surface area (Å²) in [6, 6.07) is 13.4. The molecule has 0 aliphatic carbocycles. The average molecular weight is 371 g/mol. The number of aromatic nitrogens is 4. The molecular weight excluding hydrogens is 350 g/mol. The highest BCUT2D eigenvalue weighted by Crippen LogP contribution is 2.26. The van der Waals surface area contributed by atoms with Gasteiger partial charge in [0.05, 0.1) is 17.4 Å². The van der Waals surface area contributed by atoms with E-state index in [-0.39, 0.29) is 5.91 Å². The molecule has 6 heteroatoms. The number of carbonyl (C=O) groups excluding carboxylic acids is 1. The molecule has 28 heavy (non-hydrogen) atoms. The second kappa shape index (κ2) is 7.60. The Labute approximate surface area is 163 Å². The van der Waals surface area contributed by atoms with Crippen molar-refractivity contribution in [2.24, 2.45) is 7.05 Å². The van der Waals surface area contributed by atoms with E-state index < -0.39 is 0 Å². The van der Waals surface area contributed by atoms with Crippen LogP contribution in [0.4, 0.5) is 0 Å². The zero-order valence-electron chi connectivity index (χ0n) is 15.9. The van der Waals surface area contributed by atoms with Crippen molar-refractivity contribution in [2.75, 3.05) is 13.6 Å². The van der Waals surface area contributed by atoms with E-state index >= 15 is 0 Å². The molecule has 4 aromatic rings. The number of carbonyl (C=O) groups is 1. The lowest BCUT2D eigenvalue weighted by Gasteiger charge is -2.17. The van der Waals surface area contributed by atoms with Crippen LogP contribution in [0.1, 0.15) is 15.9 Å². The number of hydrogen-bond donors (Lipinski definition) is 0. The van der Waals surface area contributed by atoms with Crippen molar-refractivity contribution >= 4 is 16.8 Å². The van der Waals surface area contributed by atoms with Crippen LogP contribution in [-0.2, 0) is 13.5 Å². The van der Waals surface area contributed by atoms with Crippen molar-refractivity contribution < 1.29 is 4.79 Å². The Bertz CT molecular complexity index is 1130. The lowest BCUT2D eigenvalue weighted by Crippen LogP contribution is -2.28. The molecule has 1 amide bonds. The second-order valence-corrected chi connectivity index (χ2v) is 6.81. The Balaban J connectivity index is 1.56. The van der Waals surface area contributed by atoms with Crippen molar-refractivity contribution in [1.82, 2.24) is 24.6 Å². The highest BCUT2D eigenvalue weighted by molar-refractivity contribution is 5.97. The molecule has 0 radical (unpaired) electrons. The van der Waals surface area contributed by atoms with Crippen LogP contribution < -0.4 is 0 Å². The normalized spacial score (nSPS) is 10.9. The fourth-order valence-corrected chi connectivity index (χ4v) is 3.25. The number of rotatable bonds is 5. The SMILES string of the molecule is CN(CCc1cnn(C)c1)C(=O)c1cccc(-c2nccc3ncccc23)c1. The van der Waals surface area contributed by atoms with Gasteiger partial charge in [-0.25, -0.2) is 0 Å². The molecule has 0 N–H and O–H groups in total. The van der Waals surface area contributed by atoms with E-state index in [1.165, 1.54) is 0 Å². The van der Waals surface area contributed by atoms with Gasteiger partial charge in [0.2, 0.25) is 0 Å². The summed E-state index contributed by atoms with van der Waals surface area (Å²) in [5.41, 5.74) is 4.39. The van der Waals surface area contributed by atoms with E-state index in [2.05, 4.69) is 15.1 Å². The summed E-state index contributed by atoms with van der Waals surface area (Å²) in [5.74, 6) is -0.0101. The van der Waals surface area contributed by atoms with Gasteiger partial charge in [0.1, 0.15) is 0 Å². The van der Waals surface area contributed by atoms with Crippen LogP contribution in [0.25, 0.3) is 22.2 Å². The number of amides is 1. The molecule has 140 valence electrons. The summed E-state index contributed by atoms with van der Waals surface area (Å²) >= 11 is 0. The predicted octanol–water partition coefficient (Wildman–Crippen LogP) is 3.35. The number of hydrogen-bond acceptors (Lipinski definition) is 4. The predicted molar refractivity (Wildman–Crippen MR) is 109 cm³/mol. The van der Waals surface area contributed by atoms with Crippen molar-refractivity contribution in [3.05, 3.63) is 78.4 Å². The molecule has 6 nitrogen and oxygen atoms in total. The minimum atomic E-state index is -0.0101. The first-order chi connectivity index (χ1) is 13.6. The van der Waals surface area contributed by atoms with Gasteiger partial charge in [0, 0.05) is 55.7 Å². The number of fused-ring (bicyclic) bond motifs is 1. The average Bonchev–Trinajstić information content (AvgIpc) is 3.16. The molecular formula is C22H21N5O. The number of benzene rings is 1. The fraction of sp³-hybridized carbons (Fsp3) is 0.182. The highest BCUT2D eigenvalue weighted by Gasteiger charge is 2.14. The first-order valence-electron chi connectivity index (χ1n) is 9.15. The zero-order chi connectivity index (χ0) is 19.5. The van der Waals surface area contributed by atoms with Gasteiger partial charge in [-0.15, -0.1) is 0 Å². The third kappa shape index (κ3) is 3.62. The van der Waals surface area contributed by atoms with Crippen molar-refractivity contribution in [3.8, 4) is 11.3 Å². The Morgan fingerprint density at radius 2 is 2.00 bits per heavy atom. The minimum Gasteiger partial charge on any atom is -0.341 e. The van der Waals surface area contributed by atoms with Gasteiger partial charge >= 0.3 is 0 Å². The maximum absolute atomic E-state index is 12.9. The molecule has 3 heterocycles. The lowest BCUT2D eigenvalue weighted by atomic mass is 10.0. The van der Waals surface area contributed by atoms with Gasteiger partial charge < -0.3 is 4.90 Å². The Morgan fingerprint density at radius 3 is 2.82 bits per heavy atom. The topological polar surface area (TPSA) is 63.9 Å². The van der Waals surface area contributed by atoms with Crippen molar-refractivity contribution in [2.45, 2.75) is 6.42 Å². The molecule has 0 atom stereocenters. The van der Waals surface area contributed by atoms with E-state index in [1.807, 2.05) is 69.0 Å². The van der Waals surface area contributed by atoms with E-state index in [1.54, 1.807) is 22.0 Å². The molecule has 3 aromatic heterocycles. The van der Waals surface area contributed by atoms with Gasteiger partial charge in [-0.05, 0) is 42.3 Å². The summed E-state index contributed by atoms with van der Waals surface area (Å²) in [7, 11) is 3.71. The molecule has 1 aromatic carbocycles. The van der Waals surface area contributed by atoms with E-state index in [4.69, 9.17) is 0 Å². The highest BCUT2D eigenvalue weighted by atomic mass is 16.2. The summed E-state index contributed by atoms with van der Waals surface area (Å²) in [4.78, 5) is 23.5. The number of aryl methyl sites for hydroxylation is 1. The van der Waals surface area contributed by atoms with Crippen LogP contribution in [0.2, 0.25) is 0 Å². The molecule has 0 bridgehead atoms. The zero-order valence-corrected chi connectivity index (χ0v) is 15.9. The molecule has 0 saturated carbocycles. The van der Waals surface area contributed by atoms with Crippen molar-refractivity contribution in [1.29, 1.82) is 0 Å². The van der Waals surface area contributed by atoms with E-state index in [9.17, 15) is 4.79 Å². The molecule has 0 fully saturated rings. The van der Waals surface area contributed by atoms with Gasteiger partial charge in [0.25, 0.3) is 5.91 Å². The van der Waals surface area contributed by atoms with Crippen LogP contribution in [0.5, 0.6) is 0 Å². The Hall–Kier alpha value is -3.54. The third-order valence-corrected chi connectivity index (χ3v) is 4.75. The fourth-order valence-electron chi connectivity index (χ4n) is 3.25. The molecule has 0 spiro atoms. The molecule has 0 saturated heterocycles. The second-order valence-electron chi connectivity index (χ2n) is 6.81. The number of nitrogens with zero attached hydrogens (tertiary/aromatic N) is 5. The minimum absolute atomic E-state index is 0.0101. The first-order valence-corrected chi connectivity index (χ1v) is 9.15. The maximum Gasteiger partial charge on any atom is 0.253 e. The van der Waals surface area contributed by atoms with Crippen LogP contribution in [0.3, 0.4) is 0 Å². The maximum atomic E-state index is 12.9.